The number of primary amides is 1. The zero-order valence-electron chi connectivity index (χ0n) is 13.7. The maximum atomic E-state index is 13.1. The first-order valence-electron chi connectivity index (χ1n) is 8.11. The number of likely N-dealkylation sites (tertiary alicyclic amines) is 1. The number of hydrogen-bond acceptors (Lipinski definition) is 4. The Morgan fingerprint density at radius 1 is 1.40 bits per heavy atom. The van der Waals surface area contributed by atoms with Crippen LogP contribution < -0.4 is 11.1 Å². The largest absolute Gasteiger partial charge is 0.352 e. The molecule has 2 heterocycles. The summed E-state index contributed by atoms with van der Waals surface area (Å²) in [6.45, 7) is 2.77. The third-order valence-corrected chi connectivity index (χ3v) is 4.69. The van der Waals surface area contributed by atoms with Crippen molar-refractivity contribution >= 4 is 17.6 Å². The zero-order chi connectivity index (χ0) is 17.8. The molecule has 1 saturated heterocycles. The van der Waals surface area contributed by atoms with Gasteiger partial charge in [0.25, 0.3) is 0 Å². The van der Waals surface area contributed by atoms with E-state index in [9.17, 15) is 9.18 Å². The number of piperidine rings is 1. The number of aromatic nitrogens is 3. The van der Waals surface area contributed by atoms with Crippen molar-refractivity contribution in [1.29, 1.82) is 0 Å². The minimum Gasteiger partial charge on any atom is -0.352 e. The van der Waals surface area contributed by atoms with Crippen LogP contribution in [0.15, 0.2) is 24.4 Å². The Morgan fingerprint density at radius 3 is 2.84 bits per heavy atom. The quantitative estimate of drug-likeness (QED) is 0.847. The lowest BCUT2D eigenvalue weighted by Crippen LogP contribution is -2.34. The number of carbonyl (C=O) groups excluding carboxylic acids is 1. The highest BCUT2D eigenvalue weighted by Gasteiger charge is 2.22. The third kappa shape index (κ3) is 4.67. The van der Waals surface area contributed by atoms with E-state index in [0.29, 0.717) is 17.3 Å². The molecule has 1 aromatic carbocycles. The van der Waals surface area contributed by atoms with E-state index in [1.165, 1.54) is 12.1 Å². The molecule has 1 fully saturated rings. The van der Waals surface area contributed by atoms with Crippen molar-refractivity contribution < 1.29 is 9.18 Å². The van der Waals surface area contributed by atoms with Gasteiger partial charge in [-0.1, -0.05) is 22.9 Å². The van der Waals surface area contributed by atoms with Gasteiger partial charge in [-0.15, -0.1) is 5.10 Å². The lowest BCUT2D eigenvalue weighted by atomic mass is 10.0. The summed E-state index contributed by atoms with van der Waals surface area (Å²) in [6.07, 6.45) is 3.71. The SMILES string of the molecule is NC(=O)NCc1cn(C2CCN(Cc3ccc(F)cc3Cl)CC2)nn1. The Labute approximate surface area is 149 Å². The number of nitrogens with two attached hydrogens (primary N) is 1. The van der Waals surface area contributed by atoms with Crippen molar-refractivity contribution in [2.45, 2.75) is 32.0 Å². The minimum absolute atomic E-state index is 0.273. The molecule has 3 N–H and O–H groups in total. The number of urea groups is 1. The lowest BCUT2D eigenvalue weighted by molar-refractivity contribution is 0.172. The van der Waals surface area contributed by atoms with Gasteiger partial charge >= 0.3 is 6.03 Å². The second-order valence-corrected chi connectivity index (χ2v) is 6.56. The molecule has 1 aliphatic heterocycles. The molecule has 7 nitrogen and oxygen atoms in total. The Bertz CT molecular complexity index is 744. The van der Waals surface area contributed by atoms with Crippen LogP contribution in [0.4, 0.5) is 9.18 Å². The van der Waals surface area contributed by atoms with Crippen LogP contribution in [0.2, 0.25) is 5.02 Å². The number of rotatable bonds is 5. The van der Waals surface area contributed by atoms with Gasteiger partial charge in [0.1, 0.15) is 11.5 Å². The van der Waals surface area contributed by atoms with Crippen molar-refractivity contribution in [2.75, 3.05) is 13.1 Å². The summed E-state index contributed by atoms with van der Waals surface area (Å²) in [5, 5.41) is 11.2. The summed E-state index contributed by atoms with van der Waals surface area (Å²) in [4.78, 5) is 13.0. The van der Waals surface area contributed by atoms with E-state index in [-0.39, 0.29) is 18.4 Å². The van der Waals surface area contributed by atoms with Gasteiger partial charge in [0.05, 0.1) is 18.8 Å². The molecule has 0 spiro atoms. The van der Waals surface area contributed by atoms with Crippen LogP contribution in [0.1, 0.15) is 30.1 Å². The first kappa shape index (κ1) is 17.6. The normalized spacial score (nSPS) is 16.1. The molecule has 1 aromatic heterocycles. The van der Waals surface area contributed by atoms with Gasteiger partial charge in [-0.3, -0.25) is 4.90 Å². The summed E-state index contributed by atoms with van der Waals surface area (Å²) in [6, 6.07) is 4.21. The molecule has 0 radical (unpaired) electrons. The molecule has 0 bridgehead atoms. The standard InChI is InChI=1S/C16H20ClFN6O/c17-15-7-12(18)2-1-11(15)9-23-5-3-14(4-6-23)24-10-13(21-22-24)8-20-16(19)25/h1-2,7,10,14H,3-6,8-9H2,(H3,19,20,25). The van der Waals surface area contributed by atoms with E-state index >= 15 is 0 Å². The molecule has 2 amide bonds. The van der Waals surface area contributed by atoms with Gasteiger partial charge in [0.15, 0.2) is 0 Å². The van der Waals surface area contributed by atoms with E-state index in [0.717, 1.165) is 31.5 Å². The van der Waals surface area contributed by atoms with Crippen LogP contribution in [0.3, 0.4) is 0 Å². The number of carbonyl (C=O) groups is 1. The molecular formula is C16H20ClFN6O. The number of nitrogens with one attached hydrogen (secondary N) is 1. The number of halogens is 2. The minimum atomic E-state index is -0.581. The maximum Gasteiger partial charge on any atom is 0.312 e. The van der Waals surface area contributed by atoms with Crippen LogP contribution in [0, 0.1) is 5.82 Å². The van der Waals surface area contributed by atoms with E-state index in [1.54, 1.807) is 6.07 Å². The monoisotopic (exact) mass is 366 g/mol. The Kier molecular flexibility index (Phi) is 5.50. The Balaban J connectivity index is 1.52. The molecule has 0 unspecified atom stereocenters. The van der Waals surface area contributed by atoms with E-state index in [1.807, 2.05) is 10.9 Å². The molecule has 0 aliphatic carbocycles. The summed E-state index contributed by atoms with van der Waals surface area (Å²) in [5.41, 5.74) is 6.66. The highest BCUT2D eigenvalue weighted by atomic mass is 35.5. The lowest BCUT2D eigenvalue weighted by Gasteiger charge is -2.32. The summed E-state index contributed by atoms with van der Waals surface area (Å²) in [5.74, 6) is -0.319. The molecule has 2 aromatic rings. The van der Waals surface area contributed by atoms with Gasteiger partial charge in [-0.25, -0.2) is 13.9 Å². The molecule has 25 heavy (non-hydrogen) atoms. The summed E-state index contributed by atoms with van der Waals surface area (Å²) in [7, 11) is 0. The molecule has 1 aliphatic rings. The van der Waals surface area contributed by atoms with Crippen molar-refractivity contribution in [2.24, 2.45) is 5.73 Å². The third-order valence-electron chi connectivity index (χ3n) is 4.34. The maximum absolute atomic E-state index is 13.1. The molecule has 0 saturated carbocycles. The fourth-order valence-electron chi connectivity index (χ4n) is 2.98. The van der Waals surface area contributed by atoms with Gasteiger partial charge in [0.2, 0.25) is 0 Å². The van der Waals surface area contributed by atoms with Crippen LogP contribution in [-0.2, 0) is 13.1 Å². The first-order valence-corrected chi connectivity index (χ1v) is 8.49. The van der Waals surface area contributed by atoms with Crippen LogP contribution in [0.5, 0.6) is 0 Å². The smallest absolute Gasteiger partial charge is 0.312 e. The fraction of sp³-hybridized carbons (Fsp3) is 0.438. The predicted molar refractivity (Wildman–Crippen MR) is 91.4 cm³/mol. The number of nitrogens with zero attached hydrogens (tertiary/aromatic N) is 4. The fourth-order valence-corrected chi connectivity index (χ4v) is 3.21. The summed E-state index contributed by atoms with van der Waals surface area (Å²) < 4.78 is 15.0. The van der Waals surface area contributed by atoms with Gasteiger partial charge in [-0.05, 0) is 30.5 Å². The number of benzene rings is 1. The second-order valence-electron chi connectivity index (χ2n) is 6.15. The molecule has 0 atom stereocenters. The van der Waals surface area contributed by atoms with Crippen molar-refractivity contribution in [3.63, 3.8) is 0 Å². The first-order chi connectivity index (χ1) is 12.0. The predicted octanol–water partition coefficient (Wildman–Crippen LogP) is 2.08. The van der Waals surface area contributed by atoms with Crippen LogP contribution >= 0.6 is 11.6 Å². The van der Waals surface area contributed by atoms with E-state index < -0.39 is 6.03 Å². The average Bonchev–Trinajstić information content (AvgIpc) is 3.05. The molecule has 9 heteroatoms. The van der Waals surface area contributed by atoms with E-state index in [2.05, 4.69) is 20.5 Å². The number of amides is 2. The van der Waals surface area contributed by atoms with Crippen molar-refractivity contribution in [3.8, 4) is 0 Å². The topological polar surface area (TPSA) is 89.1 Å². The van der Waals surface area contributed by atoms with Crippen LogP contribution in [0.25, 0.3) is 0 Å². The zero-order valence-corrected chi connectivity index (χ0v) is 14.4. The molecule has 3 rings (SSSR count). The van der Waals surface area contributed by atoms with E-state index in [4.69, 9.17) is 17.3 Å². The Hall–Kier alpha value is -2.19. The van der Waals surface area contributed by atoms with Crippen molar-refractivity contribution in [3.05, 3.63) is 46.5 Å². The molecule has 134 valence electrons. The van der Waals surface area contributed by atoms with Gasteiger partial charge in [0, 0.05) is 24.7 Å². The van der Waals surface area contributed by atoms with Crippen LogP contribution in [-0.4, -0.2) is 39.0 Å². The number of hydrogen-bond donors (Lipinski definition) is 2. The molecular weight excluding hydrogens is 347 g/mol. The highest BCUT2D eigenvalue weighted by molar-refractivity contribution is 6.31. The average molecular weight is 367 g/mol. The second kappa shape index (κ2) is 7.79. The van der Waals surface area contributed by atoms with Gasteiger partial charge < -0.3 is 11.1 Å². The summed E-state index contributed by atoms with van der Waals surface area (Å²) >= 11 is 6.10. The highest BCUT2D eigenvalue weighted by Crippen LogP contribution is 2.25. The van der Waals surface area contributed by atoms with Gasteiger partial charge in [-0.2, -0.15) is 0 Å². The van der Waals surface area contributed by atoms with Crippen molar-refractivity contribution in [1.82, 2.24) is 25.2 Å². The Morgan fingerprint density at radius 2 is 2.16 bits per heavy atom.